The zero-order chi connectivity index (χ0) is 8.97. The van der Waals surface area contributed by atoms with Crippen LogP contribution >= 0.6 is 11.3 Å². The first-order chi connectivity index (χ1) is 5.79. The molecule has 0 bridgehead atoms. The van der Waals surface area contributed by atoms with Gasteiger partial charge in [-0.05, 0) is 38.0 Å². The van der Waals surface area contributed by atoms with Crippen molar-refractivity contribution < 1.29 is 0 Å². The van der Waals surface area contributed by atoms with Crippen LogP contribution in [0.15, 0.2) is 11.4 Å². The molecule has 1 aromatic rings. The van der Waals surface area contributed by atoms with E-state index >= 15 is 0 Å². The van der Waals surface area contributed by atoms with E-state index < -0.39 is 0 Å². The maximum atomic E-state index is 3.29. The van der Waals surface area contributed by atoms with Crippen LogP contribution in [0.3, 0.4) is 0 Å². The fraction of sp³-hybridized carbons (Fsp3) is 0.556. The van der Waals surface area contributed by atoms with Crippen molar-refractivity contribution in [1.82, 2.24) is 10.6 Å². The average molecular weight is 184 g/mol. The largest absolute Gasteiger partial charge is 0.318 e. The quantitative estimate of drug-likeness (QED) is 0.741. The Morgan fingerprint density at radius 1 is 1.50 bits per heavy atom. The molecule has 1 unspecified atom stereocenters. The van der Waals surface area contributed by atoms with Crippen molar-refractivity contribution in [1.29, 1.82) is 0 Å². The van der Waals surface area contributed by atoms with Gasteiger partial charge in [0.05, 0.1) is 6.04 Å². The first kappa shape index (κ1) is 9.71. The average Bonchev–Trinajstić information content (AvgIpc) is 2.47. The molecule has 0 aliphatic rings. The minimum atomic E-state index is 0.454. The van der Waals surface area contributed by atoms with Gasteiger partial charge < -0.3 is 10.6 Å². The summed E-state index contributed by atoms with van der Waals surface area (Å²) in [5, 5.41) is 8.62. The monoisotopic (exact) mass is 184 g/mol. The normalized spacial score (nSPS) is 13.2. The SMILES string of the molecule is CNCC(NC)c1sccc1C. The smallest absolute Gasteiger partial charge is 0.0541 e. The lowest BCUT2D eigenvalue weighted by atomic mass is 10.2. The second-order valence-electron chi connectivity index (χ2n) is 2.87. The van der Waals surface area contributed by atoms with Gasteiger partial charge in [-0.15, -0.1) is 11.3 Å². The molecule has 12 heavy (non-hydrogen) atoms. The van der Waals surface area contributed by atoms with Gasteiger partial charge in [0.1, 0.15) is 0 Å². The van der Waals surface area contributed by atoms with Crippen molar-refractivity contribution >= 4 is 11.3 Å². The first-order valence-electron chi connectivity index (χ1n) is 4.15. The number of hydrogen-bond donors (Lipinski definition) is 2. The molecule has 0 aliphatic heterocycles. The van der Waals surface area contributed by atoms with Gasteiger partial charge in [-0.3, -0.25) is 0 Å². The minimum Gasteiger partial charge on any atom is -0.318 e. The molecule has 0 amide bonds. The van der Waals surface area contributed by atoms with Gasteiger partial charge >= 0.3 is 0 Å². The standard InChI is InChI=1S/C9H16N2S/c1-7-4-5-12-9(7)8(11-3)6-10-2/h4-5,8,10-11H,6H2,1-3H3. The van der Waals surface area contributed by atoms with E-state index in [9.17, 15) is 0 Å². The number of hydrogen-bond acceptors (Lipinski definition) is 3. The highest BCUT2D eigenvalue weighted by Gasteiger charge is 2.11. The third-order valence-corrected chi connectivity index (χ3v) is 3.11. The number of nitrogens with one attached hydrogen (secondary N) is 2. The van der Waals surface area contributed by atoms with Crippen LogP contribution in [-0.2, 0) is 0 Å². The lowest BCUT2D eigenvalue weighted by molar-refractivity contribution is 0.564. The van der Waals surface area contributed by atoms with Crippen molar-refractivity contribution in [3.05, 3.63) is 21.9 Å². The Morgan fingerprint density at radius 3 is 2.67 bits per heavy atom. The summed E-state index contributed by atoms with van der Waals surface area (Å²) in [5.41, 5.74) is 1.38. The molecule has 1 aromatic heterocycles. The Balaban J connectivity index is 2.72. The molecule has 3 heteroatoms. The molecule has 68 valence electrons. The molecule has 2 nitrogen and oxygen atoms in total. The summed E-state index contributed by atoms with van der Waals surface area (Å²) in [6, 6.07) is 2.62. The van der Waals surface area contributed by atoms with Crippen LogP contribution in [0.25, 0.3) is 0 Å². The Kier molecular flexibility index (Phi) is 3.72. The third kappa shape index (κ3) is 2.06. The van der Waals surface area contributed by atoms with E-state index in [1.165, 1.54) is 10.4 Å². The Labute approximate surface area is 78.0 Å². The summed E-state index contributed by atoms with van der Waals surface area (Å²) in [5.74, 6) is 0. The van der Waals surface area contributed by atoms with Gasteiger partial charge in [-0.25, -0.2) is 0 Å². The first-order valence-corrected chi connectivity index (χ1v) is 5.03. The van der Waals surface area contributed by atoms with Crippen LogP contribution in [0.4, 0.5) is 0 Å². The van der Waals surface area contributed by atoms with Gasteiger partial charge in [-0.2, -0.15) is 0 Å². The molecule has 2 N–H and O–H groups in total. The molecule has 1 heterocycles. The van der Waals surface area contributed by atoms with E-state index in [2.05, 4.69) is 29.0 Å². The zero-order valence-corrected chi connectivity index (χ0v) is 8.66. The van der Waals surface area contributed by atoms with Crippen molar-refractivity contribution in [3.8, 4) is 0 Å². The van der Waals surface area contributed by atoms with E-state index in [1.54, 1.807) is 0 Å². The van der Waals surface area contributed by atoms with Gasteiger partial charge in [0.15, 0.2) is 0 Å². The van der Waals surface area contributed by atoms with E-state index in [0.29, 0.717) is 6.04 Å². The molecular formula is C9H16N2S. The molecule has 0 spiro atoms. The molecular weight excluding hydrogens is 168 g/mol. The van der Waals surface area contributed by atoms with E-state index in [0.717, 1.165) is 6.54 Å². The summed E-state index contributed by atoms with van der Waals surface area (Å²) in [6.45, 7) is 3.14. The van der Waals surface area contributed by atoms with Crippen molar-refractivity contribution in [3.63, 3.8) is 0 Å². The third-order valence-electron chi connectivity index (χ3n) is 1.97. The van der Waals surface area contributed by atoms with E-state index in [4.69, 9.17) is 0 Å². The fourth-order valence-electron chi connectivity index (χ4n) is 1.27. The van der Waals surface area contributed by atoms with Crippen molar-refractivity contribution in [2.45, 2.75) is 13.0 Å². The predicted molar refractivity (Wildman–Crippen MR) is 54.8 cm³/mol. The number of aryl methyl sites for hydroxylation is 1. The van der Waals surface area contributed by atoms with Crippen LogP contribution in [-0.4, -0.2) is 20.6 Å². The lowest BCUT2D eigenvalue weighted by Crippen LogP contribution is -2.26. The summed E-state index contributed by atoms with van der Waals surface area (Å²) in [6.07, 6.45) is 0. The van der Waals surface area contributed by atoms with Gasteiger partial charge in [0, 0.05) is 11.4 Å². The van der Waals surface area contributed by atoms with Crippen molar-refractivity contribution in [2.24, 2.45) is 0 Å². The molecule has 1 rings (SSSR count). The number of likely N-dealkylation sites (N-methyl/N-ethyl adjacent to an activating group) is 2. The Morgan fingerprint density at radius 2 is 2.25 bits per heavy atom. The molecule has 1 atom stereocenters. The second kappa shape index (κ2) is 4.60. The summed E-state index contributed by atoms with van der Waals surface area (Å²) in [7, 11) is 3.98. The van der Waals surface area contributed by atoms with Crippen LogP contribution < -0.4 is 10.6 Å². The van der Waals surface area contributed by atoms with Crippen molar-refractivity contribution in [2.75, 3.05) is 20.6 Å². The Bertz CT molecular complexity index is 232. The zero-order valence-electron chi connectivity index (χ0n) is 7.85. The van der Waals surface area contributed by atoms with Crippen LogP contribution in [0.1, 0.15) is 16.5 Å². The molecule has 0 saturated heterocycles. The van der Waals surface area contributed by atoms with Crippen LogP contribution in [0.2, 0.25) is 0 Å². The van der Waals surface area contributed by atoms with Gasteiger partial charge in [-0.1, -0.05) is 0 Å². The summed E-state index contributed by atoms with van der Waals surface area (Å²) in [4.78, 5) is 1.44. The van der Waals surface area contributed by atoms with Crippen LogP contribution in [0, 0.1) is 6.92 Å². The molecule has 0 saturated carbocycles. The molecule has 0 radical (unpaired) electrons. The summed E-state index contributed by atoms with van der Waals surface area (Å²) >= 11 is 1.82. The number of rotatable bonds is 4. The van der Waals surface area contributed by atoms with E-state index in [1.807, 2.05) is 25.4 Å². The molecule has 0 aliphatic carbocycles. The maximum absolute atomic E-state index is 3.29. The van der Waals surface area contributed by atoms with E-state index in [-0.39, 0.29) is 0 Å². The second-order valence-corrected chi connectivity index (χ2v) is 3.81. The lowest BCUT2D eigenvalue weighted by Gasteiger charge is -2.14. The highest BCUT2D eigenvalue weighted by Crippen LogP contribution is 2.22. The molecule has 0 fully saturated rings. The molecule has 0 aromatic carbocycles. The number of thiophene rings is 1. The van der Waals surface area contributed by atoms with Gasteiger partial charge in [0.25, 0.3) is 0 Å². The fourth-order valence-corrected chi connectivity index (χ4v) is 2.31. The van der Waals surface area contributed by atoms with Gasteiger partial charge in [0.2, 0.25) is 0 Å². The predicted octanol–water partition coefficient (Wildman–Crippen LogP) is 1.54. The highest BCUT2D eigenvalue weighted by atomic mass is 32.1. The summed E-state index contributed by atoms with van der Waals surface area (Å²) < 4.78 is 0. The topological polar surface area (TPSA) is 24.1 Å². The maximum Gasteiger partial charge on any atom is 0.0541 e. The minimum absolute atomic E-state index is 0.454. The Hall–Kier alpha value is -0.380. The highest BCUT2D eigenvalue weighted by molar-refractivity contribution is 7.10. The van der Waals surface area contributed by atoms with Crippen LogP contribution in [0.5, 0.6) is 0 Å².